The maximum Gasteiger partial charge on any atom is 0.0596 e. The van der Waals surface area contributed by atoms with E-state index >= 15 is 0 Å². The Morgan fingerprint density at radius 1 is 1.32 bits per heavy atom. The summed E-state index contributed by atoms with van der Waals surface area (Å²) in [6.45, 7) is 11.1. The van der Waals surface area contributed by atoms with Gasteiger partial charge in [-0.3, -0.25) is 4.68 Å². The molecule has 108 valence electrons. The summed E-state index contributed by atoms with van der Waals surface area (Å²) < 4.78 is 2.17. The summed E-state index contributed by atoms with van der Waals surface area (Å²) >= 11 is 0. The number of hydrogen-bond acceptors (Lipinski definition) is 2. The third-order valence-corrected chi connectivity index (χ3v) is 4.68. The Bertz CT molecular complexity index is 400. The smallest absolute Gasteiger partial charge is 0.0596 e. The average molecular weight is 263 g/mol. The highest BCUT2D eigenvalue weighted by Crippen LogP contribution is 2.32. The molecule has 0 atom stereocenters. The van der Waals surface area contributed by atoms with E-state index in [-0.39, 0.29) is 0 Å². The van der Waals surface area contributed by atoms with Gasteiger partial charge in [0.15, 0.2) is 0 Å². The lowest BCUT2D eigenvalue weighted by atomic mass is 9.78. The molecule has 1 fully saturated rings. The number of nitrogens with one attached hydrogen (secondary N) is 1. The van der Waals surface area contributed by atoms with Crippen LogP contribution in [0.4, 0.5) is 0 Å². The molecule has 1 N–H and O–H groups in total. The Hall–Kier alpha value is -0.830. The van der Waals surface area contributed by atoms with Crippen molar-refractivity contribution in [2.45, 2.75) is 72.4 Å². The lowest BCUT2D eigenvalue weighted by Gasteiger charge is -2.32. The summed E-state index contributed by atoms with van der Waals surface area (Å²) in [5.41, 5.74) is 2.94. The molecule has 3 heteroatoms. The van der Waals surface area contributed by atoms with Gasteiger partial charge >= 0.3 is 0 Å². The Morgan fingerprint density at radius 3 is 2.53 bits per heavy atom. The molecule has 1 saturated carbocycles. The van der Waals surface area contributed by atoms with Gasteiger partial charge in [0.2, 0.25) is 0 Å². The van der Waals surface area contributed by atoms with Crippen molar-refractivity contribution >= 4 is 0 Å². The summed E-state index contributed by atoms with van der Waals surface area (Å²) in [5, 5.41) is 8.32. The molecule has 1 heterocycles. The van der Waals surface area contributed by atoms with E-state index in [2.05, 4.69) is 48.9 Å². The summed E-state index contributed by atoms with van der Waals surface area (Å²) in [6, 6.07) is 3.07. The molecule has 2 rings (SSSR count). The molecular formula is C16H29N3. The van der Waals surface area contributed by atoms with E-state index in [1.54, 1.807) is 0 Å². The van der Waals surface area contributed by atoms with E-state index in [1.165, 1.54) is 31.4 Å². The van der Waals surface area contributed by atoms with Crippen LogP contribution in [0.5, 0.6) is 0 Å². The van der Waals surface area contributed by atoms with Gasteiger partial charge in [-0.15, -0.1) is 0 Å². The van der Waals surface area contributed by atoms with E-state index in [0.29, 0.717) is 5.41 Å². The van der Waals surface area contributed by atoms with Crippen molar-refractivity contribution in [1.82, 2.24) is 15.1 Å². The molecular weight excluding hydrogens is 234 g/mol. The quantitative estimate of drug-likeness (QED) is 0.780. The normalized spacial score (nSPS) is 16.0. The summed E-state index contributed by atoms with van der Waals surface area (Å²) in [4.78, 5) is 0. The first-order valence-electron chi connectivity index (χ1n) is 7.89. The predicted molar refractivity (Wildman–Crippen MR) is 80.4 cm³/mol. The van der Waals surface area contributed by atoms with E-state index < -0.39 is 0 Å². The molecule has 0 bridgehead atoms. The van der Waals surface area contributed by atoms with Crippen molar-refractivity contribution in [3.05, 3.63) is 17.5 Å². The molecule has 0 amide bonds. The van der Waals surface area contributed by atoms with Crippen molar-refractivity contribution in [1.29, 1.82) is 0 Å². The van der Waals surface area contributed by atoms with E-state index in [4.69, 9.17) is 0 Å². The first-order chi connectivity index (χ1) is 9.12. The van der Waals surface area contributed by atoms with Gasteiger partial charge in [-0.2, -0.15) is 5.10 Å². The van der Waals surface area contributed by atoms with Gasteiger partial charge in [0.1, 0.15) is 0 Å². The molecule has 1 aromatic heterocycles. The lowest BCUT2D eigenvalue weighted by molar-refractivity contribution is 0.239. The average Bonchev–Trinajstić information content (AvgIpc) is 3.18. The van der Waals surface area contributed by atoms with Crippen molar-refractivity contribution < 1.29 is 0 Å². The van der Waals surface area contributed by atoms with Crippen LogP contribution < -0.4 is 5.32 Å². The van der Waals surface area contributed by atoms with Crippen LogP contribution in [0.15, 0.2) is 6.07 Å². The number of hydrogen-bond donors (Lipinski definition) is 1. The third kappa shape index (κ3) is 3.59. The van der Waals surface area contributed by atoms with Gasteiger partial charge in [-0.1, -0.05) is 13.8 Å². The van der Waals surface area contributed by atoms with E-state index in [1.807, 2.05) is 0 Å². The Balaban J connectivity index is 2.08. The number of aryl methyl sites for hydroxylation is 2. The van der Waals surface area contributed by atoms with E-state index in [9.17, 15) is 0 Å². The fourth-order valence-corrected chi connectivity index (χ4v) is 2.86. The SMILES string of the molecule is CCn1nc(C)cc1CC(CC)(CC)CNC1CC1. The second-order valence-corrected chi connectivity index (χ2v) is 6.13. The zero-order valence-electron chi connectivity index (χ0n) is 13.0. The first-order valence-corrected chi connectivity index (χ1v) is 7.89. The van der Waals surface area contributed by atoms with Gasteiger partial charge in [0.25, 0.3) is 0 Å². The van der Waals surface area contributed by atoms with Crippen LogP contribution in [-0.4, -0.2) is 22.4 Å². The number of nitrogens with zero attached hydrogens (tertiary/aromatic N) is 2. The number of rotatable bonds is 8. The molecule has 0 aliphatic heterocycles. The molecule has 0 spiro atoms. The second kappa shape index (κ2) is 6.08. The molecule has 1 aromatic rings. The molecule has 1 aliphatic carbocycles. The highest BCUT2D eigenvalue weighted by atomic mass is 15.3. The van der Waals surface area contributed by atoms with E-state index in [0.717, 1.165) is 31.2 Å². The molecule has 19 heavy (non-hydrogen) atoms. The molecule has 0 unspecified atom stereocenters. The largest absolute Gasteiger partial charge is 0.313 e. The minimum atomic E-state index is 0.391. The van der Waals surface area contributed by atoms with Gasteiger partial charge in [0, 0.05) is 24.8 Å². The van der Waals surface area contributed by atoms with Crippen LogP contribution >= 0.6 is 0 Å². The monoisotopic (exact) mass is 263 g/mol. The highest BCUT2D eigenvalue weighted by Gasteiger charge is 2.31. The zero-order valence-corrected chi connectivity index (χ0v) is 13.0. The number of aromatic nitrogens is 2. The third-order valence-electron chi connectivity index (χ3n) is 4.68. The van der Waals surface area contributed by atoms with Crippen molar-refractivity contribution in [2.24, 2.45) is 5.41 Å². The fourth-order valence-electron chi connectivity index (χ4n) is 2.86. The maximum atomic E-state index is 4.59. The van der Waals surface area contributed by atoms with Crippen molar-refractivity contribution in [3.63, 3.8) is 0 Å². The molecule has 3 nitrogen and oxygen atoms in total. The predicted octanol–water partition coefficient (Wildman–Crippen LogP) is 3.31. The maximum absolute atomic E-state index is 4.59. The van der Waals surface area contributed by atoms with Crippen LogP contribution in [0.25, 0.3) is 0 Å². The molecule has 0 aromatic carbocycles. The van der Waals surface area contributed by atoms with Gasteiger partial charge in [0.05, 0.1) is 5.69 Å². The Labute approximate surface area is 117 Å². The molecule has 0 radical (unpaired) electrons. The van der Waals surface area contributed by atoms with Crippen LogP contribution in [-0.2, 0) is 13.0 Å². The van der Waals surface area contributed by atoms with Gasteiger partial charge in [-0.05, 0) is 57.4 Å². The fraction of sp³-hybridized carbons (Fsp3) is 0.812. The second-order valence-electron chi connectivity index (χ2n) is 6.13. The topological polar surface area (TPSA) is 29.9 Å². The van der Waals surface area contributed by atoms with Crippen LogP contribution in [0.3, 0.4) is 0 Å². The Morgan fingerprint density at radius 2 is 2.00 bits per heavy atom. The highest BCUT2D eigenvalue weighted by molar-refractivity contribution is 5.11. The van der Waals surface area contributed by atoms with Gasteiger partial charge in [-0.25, -0.2) is 0 Å². The van der Waals surface area contributed by atoms with Crippen LogP contribution in [0.1, 0.15) is 57.8 Å². The van der Waals surface area contributed by atoms with Crippen molar-refractivity contribution in [3.8, 4) is 0 Å². The van der Waals surface area contributed by atoms with Crippen LogP contribution in [0, 0.1) is 12.3 Å². The minimum Gasteiger partial charge on any atom is -0.313 e. The standard InChI is InChI=1S/C16H29N3/c1-5-16(6-2,12-17-14-8-9-14)11-15-10-13(4)18-19(15)7-3/h10,14,17H,5-9,11-12H2,1-4H3. The van der Waals surface area contributed by atoms with Crippen LogP contribution in [0.2, 0.25) is 0 Å². The van der Waals surface area contributed by atoms with Crippen molar-refractivity contribution in [2.75, 3.05) is 6.54 Å². The summed E-state index contributed by atoms with van der Waals surface area (Å²) in [7, 11) is 0. The lowest BCUT2D eigenvalue weighted by Crippen LogP contribution is -2.37. The minimum absolute atomic E-state index is 0.391. The summed E-state index contributed by atoms with van der Waals surface area (Å²) in [6.07, 6.45) is 6.35. The Kier molecular flexibility index (Phi) is 4.67. The van der Waals surface area contributed by atoms with Gasteiger partial charge < -0.3 is 5.32 Å². The first kappa shape index (κ1) is 14.6. The summed E-state index contributed by atoms with van der Waals surface area (Å²) in [5.74, 6) is 0. The molecule has 1 aliphatic rings. The zero-order chi connectivity index (χ0) is 13.9. The molecule has 0 saturated heterocycles.